The van der Waals surface area contributed by atoms with E-state index in [0.717, 1.165) is 37.8 Å². The summed E-state index contributed by atoms with van der Waals surface area (Å²) < 4.78 is 14.4. The van der Waals surface area contributed by atoms with Gasteiger partial charge in [-0.25, -0.2) is 0 Å². The summed E-state index contributed by atoms with van der Waals surface area (Å²) in [4.78, 5) is 12.0. The second kappa shape index (κ2) is 10.2. The summed E-state index contributed by atoms with van der Waals surface area (Å²) in [5.74, 6) is 0.422. The van der Waals surface area contributed by atoms with Crippen LogP contribution in [0.15, 0.2) is 71.2 Å². The second-order valence-corrected chi connectivity index (χ2v) is 9.00. The fourth-order valence-corrected chi connectivity index (χ4v) is 4.26. The van der Waals surface area contributed by atoms with Crippen LogP contribution in [0.4, 0.5) is 0 Å². The molecule has 0 radical (unpaired) electrons. The summed E-state index contributed by atoms with van der Waals surface area (Å²) in [6, 6.07) is 22.2. The monoisotopic (exact) mass is 506 g/mol. The Morgan fingerprint density at radius 3 is 2.52 bits per heavy atom. The Balaban J connectivity index is 1.67. The van der Waals surface area contributed by atoms with Gasteiger partial charge in [0.05, 0.1) is 18.5 Å². The minimum atomic E-state index is -0.259. The molecule has 0 atom stereocenters. The molecule has 0 fully saturated rings. The number of nitrogens with zero attached hydrogens (tertiary/aromatic N) is 2. The Morgan fingerprint density at radius 1 is 1.03 bits per heavy atom. The molecule has 1 heterocycles. The topological polar surface area (TPSA) is 53.4 Å². The lowest BCUT2D eigenvalue weighted by molar-refractivity contribution is -0.142. The van der Waals surface area contributed by atoms with Crippen molar-refractivity contribution in [3.63, 3.8) is 0 Å². The highest BCUT2D eigenvalue weighted by Gasteiger charge is 2.17. The first-order valence-corrected chi connectivity index (χ1v) is 11.9. The first-order chi connectivity index (χ1) is 16.0. The number of aromatic nitrogens is 2. The van der Waals surface area contributed by atoms with Crippen molar-refractivity contribution < 1.29 is 14.3 Å². The summed E-state index contributed by atoms with van der Waals surface area (Å²) in [6.07, 6.45) is 0.184. The number of fused-ring (bicyclic) bond motifs is 1. The molecule has 0 spiro atoms. The smallest absolute Gasteiger partial charge is 0.310 e. The quantitative estimate of drug-likeness (QED) is 0.248. The molecule has 0 amide bonds. The maximum Gasteiger partial charge on any atom is 0.310 e. The molecule has 4 aromatic rings. The molecule has 0 saturated carbocycles. The first-order valence-electron chi connectivity index (χ1n) is 11.1. The van der Waals surface area contributed by atoms with Crippen LogP contribution in [-0.2, 0) is 22.6 Å². The van der Waals surface area contributed by atoms with Crippen LogP contribution in [0.25, 0.3) is 22.2 Å². The molecular formula is C27H27BrN2O3. The third-order valence-electron chi connectivity index (χ3n) is 5.43. The Bertz CT molecular complexity index is 1280. The van der Waals surface area contributed by atoms with Crippen molar-refractivity contribution in [3.8, 4) is 17.0 Å². The maximum atomic E-state index is 12.0. The average Bonchev–Trinajstić information content (AvgIpc) is 3.17. The van der Waals surface area contributed by atoms with Crippen molar-refractivity contribution in [2.45, 2.75) is 39.8 Å². The lowest BCUT2D eigenvalue weighted by atomic mass is 10.0. The molecule has 0 bridgehead atoms. The number of hydrogen-bond acceptors (Lipinski definition) is 4. The molecule has 0 aliphatic carbocycles. The summed E-state index contributed by atoms with van der Waals surface area (Å²) in [5.41, 5.74) is 4.89. The summed E-state index contributed by atoms with van der Waals surface area (Å²) >= 11 is 3.60. The number of para-hydroxylation sites is 1. The van der Waals surface area contributed by atoms with E-state index in [4.69, 9.17) is 14.6 Å². The molecule has 0 aliphatic rings. The highest BCUT2D eigenvalue weighted by Crippen LogP contribution is 2.34. The summed E-state index contributed by atoms with van der Waals surface area (Å²) in [7, 11) is 0. The molecule has 0 aliphatic heterocycles. The van der Waals surface area contributed by atoms with Gasteiger partial charge in [-0.2, -0.15) is 5.10 Å². The highest BCUT2D eigenvalue weighted by atomic mass is 79.9. The molecule has 4 rings (SSSR count). The normalized spacial score (nSPS) is 11.2. The Kier molecular flexibility index (Phi) is 7.14. The van der Waals surface area contributed by atoms with E-state index in [9.17, 15) is 4.79 Å². The molecule has 33 heavy (non-hydrogen) atoms. The van der Waals surface area contributed by atoms with E-state index in [0.29, 0.717) is 19.0 Å². The number of carbonyl (C=O) groups excluding carboxylic acids is 1. The number of hydrogen-bond donors (Lipinski definition) is 0. The highest BCUT2D eigenvalue weighted by molar-refractivity contribution is 9.10. The second-order valence-electron chi connectivity index (χ2n) is 8.08. The zero-order chi connectivity index (χ0) is 23.4. The van der Waals surface area contributed by atoms with Crippen molar-refractivity contribution in [2.24, 2.45) is 0 Å². The molecule has 5 nitrogen and oxygen atoms in total. The molecule has 0 unspecified atom stereocenters. The van der Waals surface area contributed by atoms with Crippen molar-refractivity contribution in [2.75, 3.05) is 6.61 Å². The van der Waals surface area contributed by atoms with Gasteiger partial charge in [-0.3, -0.25) is 9.48 Å². The Hall–Kier alpha value is -3.12. The fourth-order valence-electron chi connectivity index (χ4n) is 3.90. The third-order valence-corrected chi connectivity index (χ3v) is 5.92. The van der Waals surface area contributed by atoms with Gasteiger partial charge in [0.25, 0.3) is 0 Å². The number of esters is 1. The third kappa shape index (κ3) is 5.11. The van der Waals surface area contributed by atoms with E-state index in [1.165, 1.54) is 0 Å². The Labute approximate surface area is 202 Å². The molecule has 1 aromatic heterocycles. The van der Waals surface area contributed by atoms with Crippen LogP contribution >= 0.6 is 15.9 Å². The number of carbonyl (C=O) groups is 1. The molecule has 170 valence electrons. The van der Waals surface area contributed by atoms with Gasteiger partial charge >= 0.3 is 5.97 Å². The van der Waals surface area contributed by atoms with E-state index in [2.05, 4.69) is 58.7 Å². The van der Waals surface area contributed by atoms with Gasteiger partial charge in [-0.15, -0.1) is 0 Å². The Morgan fingerprint density at radius 2 is 1.76 bits per heavy atom. The molecule has 0 saturated heterocycles. The first kappa shape index (κ1) is 23.1. The van der Waals surface area contributed by atoms with Gasteiger partial charge in [0, 0.05) is 27.0 Å². The van der Waals surface area contributed by atoms with Crippen LogP contribution < -0.4 is 4.74 Å². The van der Waals surface area contributed by atoms with Gasteiger partial charge < -0.3 is 9.47 Å². The largest absolute Gasteiger partial charge is 0.489 e. The van der Waals surface area contributed by atoms with E-state index < -0.39 is 0 Å². The van der Waals surface area contributed by atoms with Crippen LogP contribution in [-0.4, -0.2) is 22.4 Å². The van der Waals surface area contributed by atoms with Crippen molar-refractivity contribution >= 4 is 32.8 Å². The molecule has 3 aromatic carbocycles. The minimum absolute atomic E-state index is 0.184. The van der Waals surface area contributed by atoms with Gasteiger partial charge in [0.1, 0.15) is 18.1 Å². The van der Waals surface area contributed by atoms with Crippen LogP contribution in [0, 0.1) is 0 Å². The lowest BCUT2D eigenvalue weighted by Crippen LogP contribution is -2.09. The predicted molar refractivity (Wildman–Crippen MR) is 134 cm³/mol. The van der Waals surface area contributed by atoms with Gasteiger partial charge in [0.15, 0.2) is 0 Å². The molecule has 0 N–H and O–H groups in total. The van der Waals surface area contributed by atoms with Gasteiger partial charge in [-0.05, 0) is 50.6 Å². The summed E-state index contributed by atoms with van der Waals surface area (Å²) in [5, 5.41) is 6.06. The zero-order valence-electron chi connectivity index (χ0n) is 19.0. The number of halogens is 1. The van der Waals surface area contributed by atoms with E-state index in [-0.39, 0.29) is 18.4 Å². The van der Waals surface area contributed by atoms with Crippen molar-refractivity contribution in [3.05, 3.63) is 82.3 Å². The van der Waals surface area contributed by atoms with Crippen molar-refractivity contribution in [1.29, 1.82) is 0 Å². The van der Waals surface area contributed by atoms with E-state index in [1.807, 2.05) is 42.5 Å². The van der Waals surface area contributed by atoms with Gasteiger partial charge in [-0.1, -0.05) is 58.4 Å². The molecule has 6 heteroatoms. The lowest BCUT2D eigenvalue weighted by Gasteiger charge is -2.13. The number of rotatable bonds is 8. The average molecular weight is 507 g/mol. The number of benzene rings is 3. The van der Waals surface area contributed by atoms with Crippen LogP contribution in [0.1, 0.15) is 37.9 Å². The van der Waals surface area contributed by atoms with Crippen LogP contribution in [0.5, 0.6) is 5.75 Å². The SMILES string of the molecule is CCOC(=O)Cc1ccccc1OCc1ccccc1-c1nn(C(C)C)c2ccc(Br)cc12. The van der Waals surface area contributed by atoms with Crippen LogP contribution in [0.3, 0.4) is 0 Å². The van der Waals surface area contributed by atoms with Gasteiger partial charge in [0.2, 0.25) is 0 Å². The summed E-state index contributed by atoms with van der Waals surface area (Å²) in [6.45, 7) is 6.80. The molecular weight excluding hydrogens is 480 g/mol. The predicted octanol–water partition coefficient (Wildman–Crippen LogP) is 6.73. The maximum absolute atomic E-state index is 12.0. The zero-order valence-corrected chi connectivity index (χ0v) is 20.6. The van der Waals surface area contributed by atoms with E-state index >= 15 is 0 Å². The van der Waals surface area contributed by atoms with Crippen molar-refractivity contribution in [1.82, 2.24) is 9.78 Å². The van der Waals surface area contributed by atoms with E-state index in [1.54, 1.807) is 6.92 Å². The fraction of sp³-hybridized carbons (Fsp3) is 0.259. The standard InChI is InChI=1S/C27H27BrN2O3/c1-4-32-26(31)15-19-9-6-8-12-25(19)33-17-20-10-5-7-11-22(20)27-23-16-21(28)13-14-24(23)30(29-27)18(2)3/h5-14,16,18H,4,15,17H2,1-3H3. The van der Waals surface area contributed by atoms with Crippen LogP contribution in [0.2, 0.25) is 0 Å². The minimum Gasteiger partial charge on any atom is -0.489 e. The number of ether oxygens (including phenoxy) is 2.